The Kier molecular flexibility index (Phi) is 3.90. The molecule has 84 valence electrons. The van der Waals surface area contributed by atoms with Crippen molar-refractivity contribution in [1.29, 1.82) is 0 Å². The Morgan fingerprint density at radius 1 is 1.25 bits per heavy atom. The van der Waals surface area contributed by atoms with E-state index in [1.54, 1.807) is 12.1 Å². The second-order valence-electron chi connectivity index (χ2n) is 3.18. The molecule has 0 N–H and O–H groups in total. The molecule has 1 aromatic heterocycles. The molecular weight excluding hydrogens is 334 g/mol. The molecule has 0 saturated heterocycles. The Morgan fingerprint density at radius 3 is 2.38 bits per heavy atom. The molecule has 0 nitrogen and oxygen atoms in total. The summed E-state index contributed by atoms with van der Waals surface area (Å²) in [6.07, 6.45) is 0. The Bertz CT molecular complexity index is 476. The average molecular weight is 340 g/mol. The topological polar surface area (TPSA) is 0 Å². The van der Waals surface area contributed by atoms with Gasteiger partial charge in [-0.2, -0.15) is 0 Å². The number of alkyl halides is 1. The normalized spacial score (nSPS) is 12.8. The average Bonchev–Trinajstić information content (AvgIpc) is 2.59. The number of hydrogen-bond donors (Lipinski definition) is 0. The number of halogens is 4. The summed E-state index contributed by atoms with van der Waals surface area (Å²) >= 11 is 17.0. The standard InChI is InChI=1S/C11H6BrCl2FS/c12-11-8(13)5-9(16-11)10(14)6-1-3-7(15)4-2-6/h1-5,10H. The molecule has 0 spiro atoms. The number of benzene rings is 1. The molecule has 0 radical (unpaired) electrons. The smallest absolute Gasteiger partial charge is 0.123 e. The van der Waals surface area contributed by atoms with Gasteiger partial charge in [0, 0.05) is 4.88 Å². The predicted octanol–water partition coefficient (Wildman–Crippen LogP) is 5.63. The highest BCUT2D eigenvalue weighted by Crippen LogP contribution is 2.40. The Labute approximate surface area is 115 Å². The zero-order valence-electron chi connectivity index (χ0n) is 7.88. The van der Waals surface area contributed by atoms with Crippen molar-refractivity contribution in [3.8, 4) is 0 Å². The summed E-state index contributed by atoms with van der Waals surface area (Å²) in [4.78, 5) is 0.935. The minimum absolute atomic E-state index is 0.266. The number of rotatable bonds is 2. The van der Waals surface area contributed by atoms with Crippen LogP contribution in [0.25, 0.3) is 0 Å². The van der Waals surface area contributed by atoms with Crippen LogP contribution in [-0.4, -0.2) is 0 Å². The first-order chi connectivity index (χ1) is 7.58. The van der Waals surface area contributed by atoms with Gasteiger partial charge < -0.3 is 0 Å². The van der Waals surface area contributed by atoms with Crippen LogP contribution in [-0.2, 0) is 0 Å². The third kappa shape index (κ3) is 2.59. The van der Waals surface area contributed by atoms with Crippen molar-refractivity contribution in [3.05, 3.63) is 55.4 Å². The predicted molar refractivity (Wildman–Crippen MR) is 71.1 cm³/mol. The lowest BCUT2D eigenvalue weighted by Crippen LogP contribution is -1.89. The van der Waals surface area contributed by atoms with Crippen LogP contribution in [0.1, 0.15) is 15.8 Å². The summed E-state index contributed by atoms with van der Waals surface area (Å²) < 4.78 is 13.6. The first kappa shape index (κ1) is 12.4. The SMILES string of the molecule is Fc1ccc(C(Cl)c2cc(Cl)c(Br)s2)cc1. The molecule has 1 unspecified atom stereocenters. The molecule has 16 heavy (non-hydrogen) atoms. The van der Waals surface area contributed by atoms with Crippen LogP contribution in [0.4, 0.5) is 4.39 Å². The molecule has 2 rings (SSSR count). The minimum Gasteiger partial charge on any atom is -0.207 e. The number of thiophene rings is 1. The molecule has 0 fully saturated rings. The first-order valence-electron chi connectivity index (χ1n) is 4.42. The van der Waals surface area contributed by atoms with Gasteiger partial charge in [-0.05, 0) is 39.7 Å². The Morgan fingerprint density at radius 2 is 1.88 bits per heavy atom. The molecule has 5 heteroatoms. The molecule has 1 aromatic carbocycles. The zero-order valence-corrected chi connectivity index (χ0v) is 11.8. The van der Waals surface area contributed by atoms with E-state index in [2.05, 4.69) is 15.9 Å². The molecule has 1 heterocycles. The third-order valence-electron chi connectivity index (χ3n) is 2.08. The lowest BCUT2D eigenvalue weighted by atomic mass is 10.1. The van der Waals surface area contributed by atoms with Gasteiger partial charge in [0.25, 0.3) is 0 Å². The minimum atomic E-state index is -0.297. The second kappa shape index (κ2) is 5.05. The fourth-order valence-corrected chi connectivity index (χ4v) is 3.38. The molecule has 2 aromatic rings. The molecule has 0 bridgehead atoms. The summed E-state index contributed by atoms with van der Waals surface area (Å²) in [5.74, 6) is -0.266. The van der Waals surface area contributed by atoms with Gasteiger partial charge in [0.2, 0.25) is 0 Å². The fraction of sp³-hybridized carbons (Fsp3) is 0.0909. The maximum absolute atomic E-state index is 12.8. The van der Waals surface area contributed by atoms with Gasteiger partial charge >= 0.3 is 0 Å². The van der Waals surface area contributed by atoms with Crippen LogP contribution < -0.4 is 0 Å². The van der Waals surface area contributed by atoms with Gasteiger partial charge in [-0.25, -0.2) is 4.39 Å². The maximum atomic E-state index is 12.8. The largest absolute Gasteiger partial charge is 0.207 e. The van der Waals surface area contributed by atoms with E-state index in [1.807, 2.05) is 6.07 Å². The summed E-state index contributed by atoms with van der Waals surface area (Å²) in [6, 6.07) is 7.96. The van der Waals surface area contributed by atoms with Crippen molar-refractivity contribution in [2.75, 3.05) is 0 Å². The van der Waals surface area contributed by atoms with Crippen LogP contribution in [0.2, 0.25) is 5.02 Å². The Balaban J connectivity index is 2.31. The molecule has 1 atom stereocenters. The molecule has 0 aliphatic heterocycles. The van der Waals surface area contributed by atoms with Crippen LogP contribution in [0.5, 0.6) is 0 Å². The summed E-state index contributed by atoms with van der Waals surface area (Å²) in [5.41, 5.74) is 0.855. The lowest BCUT2D eigenvalue weighted by molar-refractivity contribution is 0.627. The van der Waals surface area contributed by atoms with Crippen LogP contribution in [0.15, 0.2) is 34.1 Å². The second-order valence-corrected chi connectivity index (χ2v) is 6.43. The fourth-order valence-electron chi connectivity index (χ4n) is 1.28. The van der Waals surface area contributed by atoms with Crippen molar-refractivity contribution in [1.82, 2.24) is 0 Å². The summed E-state index contributed by atoms with van der Waals surface area (Å²) in [7, 11) is 0. The van der Waals surface area contributed by atoms with E-state index in [-0.39, 0.29) is 11.2 Å². The van der Waals surface area contributed by atoms with E-state index in [4.69, 9.17) is 23.2 Å². The van der Waals surface area contributed by atoms with Crippen molar-refractivity contribution in [2.45, 2.75) is 5.38 Å². The molecular formula is C11H6BrCl2FS. The maximum Gasteiger partial charge on any atom is 0.123 e. The van der Waals surface area contributed by atoms with E-state index in [0.717, 1.165) is 14.2 Å². The van der Waals surface area contributed by atoms with Gasteiger partial charge in [0.1, 0.15) is 5.82 Å². The highest BCUT2D eigenvalue weighted by Gasteiger charge is 2.15. The molecule has 0 amide bonds. The van der Waals surface area contributed by atoms with Crippen LogP contribution >= 0.6 is 50.5 Å². The molecule has 0 aliphatic carbocycles. The van der Waals surface area contributed by atoms with Crippen molar-refractivity contribution in [3.63, 3.8) is 0 Å². The van der Waals surface area contributed by atoms with Crippen molar-refractivity contribution in [2.24, 2.45) is 0 Å². The Hall–Kier alpha value is -0.0900. The third-order valence-corrected chi connectivity index (χ3v) is 5.23. The van der Waals surface area contributed by atoms with Crippen LogP contribution in [0.3, 0.4) is 0 Å². The van der Waals surface area contributed by atoms with E-state index in [9.17, 15) is 4.39 Å². The van der Waals surface area contributed by atoms with Gasteiger partial charge in [0.15, 0.2) is 0 Å². The molecule has 0 aliphatic rings. The van der Waals surface area contributed by atoms with E-state index in [0.29, 0.717) is 5.02 Å². The van der Waals surface area contributed by atoms with Crippen molar-refractivity contribution < 1.29 is 4.39 Å². The molecule has 0 saturated carbocycles. The highest BCUT2D eigenvalue weighted by molar-refractivity contribution is 9.11. The van der Waals surface area contributed by atoms with E-state index in [1.165, 1.54) is 23.5 Å². The first-order valence-corrected chi connectivity index (χ1v) is 6.84. The van der Waals surface area contributed by atoms with Crippen molar-refractivity contribution >= 4 is 50.5 Å². The van der Waals surface area contributed by atoms with E-state index >= 15 is 0 Å². The van der Waals surface area contributed by atoms with Gasteiger partial charge in [-0.15, -0.1) is 22.9 Å². The summed E-state index contributed by atoms with van der Waals surface area (Å²) in [5, 5.41) is 0.349. The lowest BCUT2D eigenvalue weighted by Gasteiger charge is -2.06. The monoisotopic (exact) mass is 338 g/mol. The summed E-state index contributed by atoms with van der Waals surface area (Å²) in [6.45, 7) is 0. The van der Waals surface area contributed by atoms with Gasteiger partial charge in [0.05, 0.1) is 14.2 Å². The highest BCUT2D eigenvalue weighted by atomic mass is 79.9. The van der Waals surface area contributed by atoms with Gasteiger partial charge in [-0.1, -0.05) is 23.7 Å². The quantitative estimate of drug-likeness (QED) is 0.622. The van der Waals surface area contributed by atoms with E-state index < -0.39 is 0 Å². The number of hydrogen-bond acceptors (Lipinski definition) is 1. The van der Waals surface area contributed by atoms with Crippen LogP contribution in [0, 0.1) is 5.82 Å². The van der Waals surface area contributed by atoms with Gasteiger partial charge in [-0.3, -0.25) is 0 Å². The zero-order chi connectivity index (χ0) is 11.7.